The van der Waals surface area contributed by atoms with Gasteiger partial charge in [0.05, 0.1) is 17.0 Å². The molecule has 0 saturated carbocycles. The normalized spacial score (nSPS) is 15.6. The molecule has 2 N–H and O–H groups in total. The van der Waals surface area contributed by atoms with Gasteiger partial charge >= 0.3 is 11.8 Å². The molecule has 1 aliphatic heterocycles. The molecule has 1 saturated heterocycles. The van der Waals surface area contributed by atoms with Crippen LogP contribution in [-0.4, -0.2) is 46.6 Å². The number of rotatable bonds is 4. The standard InChI is InChI=1S/C29H27FN4O5S/c1-29(2,3)39-28(37)32-18-6-5-11-34(15-18)26(35)24-14-19(16-7-9-21(31-4)20(30)12-16)25(40-24)17-8-10-22-23(13-17)38-27(36)33-22/h7-10,12-14,18H,5-6,11,15H2,1-3H3,(H,32,37)(H,33,36)/t18-/m1/s1. The first-order chi connectivity index (χ1) is 19.0. The number of halogens is 1. The summed E-state index contributed by atoms with van der Waals surface area (Å²) in [6, 6.07) is 11.0. The zero-order valence-electron chi connectivity index (χ0n) is 22.2. The molecule has 0 radical (unpaired) electrons. The number of fused-ring (bicyclic) bond motifs is 1. The Bertz CT molecular complexity index is 1710. The first-order valence-electron chi connectivity index (χ1n) is 12.7. The third kappa shape index (κ3) is 5.77. The van der Waals surface area contributed by atoms with E-state index in [1.165, 1.54) is 23.5 Å². The van der Waals surface area contributed by atoms with Gasteiger partial charge in [-0.25, -0.2) is 18.8 Å². The summed E-state index contributed by atoms with van der Waals surface area (Å²) in [6.07, 6.45) is 0.909. The number of ether oxygens (including phenoxy) is 1. The summed E-state index contributed by atoms with van der Waals surface area (Å²) in [5.74, 6) is -1.44. The van der Waals surface area contributed by atoms with E-state index in [0.29, 0.717) is 57.1 Å². The summed E-state index contributed by atoms with van der Waals surface area (Å²) in [5, 5.41) is 2.86. The maximum absolute atomic E-state index is 14.6. The van der Waals surface area contributed by atoms with Gasteiger partial charge in [-0.15, -0.1) is 11.3 Å². The van der Waals surface area contributed by atoms with Gasteiger partial charge in [-0.2, -0.15) is 0 Å². The Morgan fingerprint density at radius 2 is 1.98 bits per heavy atom. The van der Waals surface area contributed by atoms with Crippen molar-refractivity contribution >= 4 is 40.1 Å². The van der Waals surface area contributed by atoms with E-state index >= 15 is 0 Å². The molecule has 0 aliphatic carbocycles. The Balaban J connectivity index is 1.48. The number of alkyl carbamates (subject to hydrolysis) is 1. The largest absolute Gasteiger partial charge is 0.444 e. The van der Waals surface area contributed by atoms with Crippen LogP contribution in [0.4, 0.5) is 14.9 Å². The average Bonchev–Trinajstić information content (AvgIpc) is 3.50. The van der Waals surface area contributed by atoms with E-state index < -0.39 is 23.3 Å². The number of H-pyrrole nitrogens is 1. The molecule has 1 fully saturated rings. The van der Waals surface area contributed by atoms with E-state index in [1.807, 2.05) is 0 Å². The number of aromatic nitrogens is 1. The highest BCUT2D eigenvalue weighted by Gasteiger charge is 2.29. The summed E-state index contributed by atoms with van der Waals surface area (Å²) in [6.45, 7) is 13.4. The number of hydrogen-bond donors (Lipinski definition) is 2. The van der Waals surface area contributed by atoms with Crippen LogP contribution < -0.4 is 11.1 Å². The molecular weight excluding hydrogens is 535 g/mol. The minimum atomic E-state index is -0.656. The molecule has 40 heavy (non-hydrogen) atoms. The molecule has 0 bridgehead atoms. The molecule has 0 unspecified atom stereocenters. The second kappa shape index (κ2) is 10.6. The predicted octanol–water partition coefficient (Wildman–Crippen LogP) is 6.34. The smallest absolute Gasteiger partial charge is 0.417 e. The van der Waals surface area contributed by atoms with Crippen molar-refractivity contribution in [1.29, 1.82) is 0 Å². The van der Waals surface area contributed by atoms with Crippen LogP contribution in [-0.2, 0) is 4.74 Å². The molecule has 1 aliphatic rings. The molecule has 5 rings (SSSR count). The molecule has 2 amide bonds. The summed E-state index contributed by atoms with van der Waals surface area (Å²) >= 11 is 1.25. The number of aromatic amines is 1. The fraction of sp³-hybridized carbons (Fsp3) is 0.310. The number of carbonyl (C=O) groups excluding carboxylic acids is 2. The fourth-order valence-corrected chi connectivity index (χ4v) is 5.83. The van der Waals surface area contributed by atoms with Crippen LogP contribution in [0.15, 0.2) is 51.7 Å². The van der Waals surface area contributed by atoms with Crippen molar-refractivity contribution < 1.29 is 23.1 Å². The number of nitrogens with zero attached hydrogens (tertiary/aromatic N) is 2. The van der Waals surface area contributed by atoms with Crippen LogP contribution in [0.25, 0.3) is 37.5 Å². The van der Waals surface area contributed by atoms with E-state index in [9.17, 15) is 18.8 Å². The van der Waals surface area contributed by atoms with Gasteiger partial charge in [0.25, 0.3) is 5.91 Å². The van der Waals surface area contributed by atoms with Crippen LogP contribution >= 0.6 is 11.3 Å². The molecule has 9 nitrogen and oxygen atoms in total. The fourth-order valence-electron chi connectivity index (χ4n) is 4.69. The van der Waals surface area contributed by atoms with Gasteiger partial charge in [0.1, 0.15) is 11.4 Å². The first-order valence-corrected chi connectivity index (χ1v) is 13.6. The van der Waals surface area contributed by atoms with E-state index in [2.05, 4.69) is 15.1 Å². The Labute approximate surface area is 233 Å². The molecule has 206 valence electrons. The van der Waals surface area contributed by atoms with Crippen molar-refractivity contribution in [1.82, 2.24) is 15.2 Å². The lowest BCUT2D eigenvalue weighted by Gasteiger charge is -2.33. The highest BCUT2D eigenvalue weighted by atomic mass is 32.1. The lowest BCUT2D eigenvalue weighted by Crippen LogP contribution is -2.50. The summed E-state index contributed by atoms with van der Waals surface area (Å²) < 4.78 is 25.2. The van der Waals surface area contributed by atoms with Crippen molar-refractivity contribution in [3.63, 3.8) is 0 Å². The van der Waals surface area contributed by atoms with Crippen LogP contribution in [0.1, 0.15) is 43.3 Å². The second-order valence-electron chi connectivity index (χ2n) is 10.6. The number of piperidine rings is 1. The van der Waals surface area contributed by atoms with Gasteiger partial charge in [0.15, 0.2) is 5.58 Å². The van der Waals surface area contributed by atoms with E-state index in [4.69, 9.17) is 15.7 Å². The third-order valence-electron chi connectivity index (χ3n) is 6.43. The quantitative estimate of drug-likeness (QED) is 0.282. The first kappa shape index (κ1) is 27.1. The van der Waals surface area contributed by atoms with Gasteiger partial charge in [0, 0.05) is 29.6 Å². The number of hydrogen-bond acceptors (Lipinski definition) is 6. The highest BCUT2D eigenvalue weighted by Crippen LogP contribution is 2.41. The SMILES string of the molecule is [C-]#[N+]c1ccc(-c2cc(C(=O)N3CCC[C@@H](NC(=O)OC(C)(C)C)C3)sc2-c2ccc3[nH]c(=O)oc3c2)cc1F. The maximum atomic E-state index is 14.6. The Morgan fingerprint density at radius 3 is 2.70 bits per heavy atom. The molecule has 3 heterocycles. The van der Waals surface area contributed by atoms with E-state index in [0.717, 1.165) is 6.42 Å². The molecule has 2 aromatic heterocycles. The van der Waals surface area contributed by atoms with Crippen molar-refractivity contribution in [3.05, 3.63) is 75.1 Å². The average molecular weight is 563 g/mol. The Morgan fingerprint density at radius 1 is 1.20 bits per heavy atom. The lowest BCUT2D eigenvalue weighted by molar-refractivity contribution is 0.0453. The number of amides is 2. The van der Waals surface area contributed by atoms with Gasteiger partial charge < -0.3 is 19.4 Å². The Hall–Kier alpha value is -4.43. The number of thiophene rings is 1. The molecule has 11 heteroatoms. The number of oxazole rings is 1. The van der Waals surface area contributed by atoms with Gasteiger partial charge in [-0.1, -0.05) is 18.2 Å². The van der Waals surface area contributed by atoms with Gasteiger partial charge in [-0.3, -0.25) is 9.78 Å². The zero-order valence-corrected chi connectivity index (χ0v) is 23.0. The molecule has 2 aromatic carbocycles. The topological polar surface area (TPSA) is 109 Å². The molecular formula is C29H27FN4O5S. The number of carbonyl (C=O) groups is 2. The van der Waals surface area contributed by atoms with Crippen molar-refractivity contribution in [2.75, 3.05) is 13.1 Å². The van der Waals surface area contributed by atoms with Crippen LogP contribution in [0.2, 0.25) is 0 Å². The van der Waals surface area contributed by atoms with Crippen LogP contribution in [0.3, 0.4) is 0 Å². The van der Waals surface area contributed by atoms with E-state index in [1.54, 1.807) is 56.0 Å². The number of benzene rings is 2. The molecule has 0 spiro atoms. The van der Waals surface area contributed by atoms with Crippen LogP contribution in [0, 0.1) is 12.4 Å². The van der Waals surface area contributed by atoms with Gasteiger partial charge in [0.2, 0.25) is 5.69 Å². The van der Waals surface area contributed by atoms with Crippen LogP contribution in [0.5, 0.6) is 0 Å². The predicted molar refractivity (Wildman–Crippen MR) is 150 cm³/mol. The summed E-state index contributed by atoms with van der Waals surface area (Å²) in [5.41, 5.74) is 1.98. The number of likely N-dealkylation sites (tertiary alicyclic amines) is 1. The number of nitrogens with one attached hydrogen (secondary N) is 2. The zero-order chi connectivity index (χ0) is 28.6. The van der Waals surface area contributed by atoms with E-state index in [-0.39, 0.29) is 17.6 Å². The maximum Gasteiger partial charge on any atom is 0.417 e. The third-order valence-corrected chi connectivity index (χ3v) is 7.61. The summed E-state index contributed by atoms with van der Waals surface area (Å²) in [7, 11) is 0. The summed E-state index contributed by atoms with van der Waals surface area (Å²) in [4.78, 5) is 46.3. The minimum Gasteiger partial charge on any atom is -0.444 e. The monoisotopic (exact) mass is 562 g/mol. The van der Waals surface area contributed by atoms with Crippen molar-refractivity contribution in [3.8, 4) is 21.6 Å². The minimum absolute atomic E-state index is 0.0933. The highest BCUT2D eigenvalue weighted by molar-refractivity contribution is 7.18. The Kier molecular flexibility index (Phi) is 7.21. The van der Waals surface area contributed by atoms with Crippen molar-refractivity contribution in [2.45, 2.75) is 45.3 Å². The van der Waals surface area contributed by atoms with Crippen molar-refractivity contribution in [2.24, 2.45) is 0 Å². The van der Waals surface area contributed by atoms with Gasteiger partial charge in [-0.05, 0) is 69.0 Å². The second-order valence-corrected chi connectivity index (χ2v) is 11.6. The molecule has 1 atom stereocenters. The molecule has 4 aromatic rings. The lowest BCUT2D eigenvalue weighted by atomic mass is 10.0.